The molecule has 0 amide bonds. The van der Waals surface area contributed by atoms with E-state index in [1.807, 2.05) is 0 Å². The van der Waals surface area contributed by atoms with Crippen molar-refractivity contribution in [1.29, 1.82) is 0 Å². The molecule has 0 saturated heterocycles. The van der Waals surface area contributed by atoms with Crippen LogP contribution >= 0.6 is 12.2 Å². The highest BCUT2D eigenvalue weighted by molar-refractivity contribution is 7.80. The molecule has 1 atom stereocenters. The molecule has 0 spiro atoms. The first-order chi connectivity index (χ1) is 9.08. The third-order valence-corrected chi connectivity index (χ3v) is 2.42. The minimum Gasteiger partial charge on any atom is -0.497 e. The van der Waals surface area contributed by atoms with E-state index >= 15 is 0 Å². The Kier molecular flexibility index (Phi) is 5.74. The van der Waals surface area contributed by atoms with E-state index in [0.29, 0.717) is 5.75 Å². The number of carbonyl (C=O) groups excluding carboxylic acids is 1. The predicted molar refractivity (Wildman–Crippen MR) is 76.2 cm³/mol. The van der Waals surface area contributed by atoms with Crippen LogP contribution in [0.4, 0.5) is 0 Å². The summed E-state index contributed by atoms with van der Waals surface area (Å²) in [5.41, 5.74) is 8.35. The van der Waals surface area contributed by atoms with Gasteiger partial charge >= 0.3 is 5.97 Å². The number of benzene rings is 1. The number of hydrogen-bond acceptors (Lipinski definition) is 5. The van der Waals surface area contributed by atoms with Gasteiger partial charge in [-0.05, 0) is 29.9 Å². The summed E-state index contributed by atoms with van der Waals surface area (Å²) in [5, 5.41) is 3.81. The molecule has 0 aliphatic heterocycles. The number of esters is 1. The fourth-order valence-corrected chi connectivity index (χ4v) is 1.45. The summed E-state index contributed by atoms with van der Waals surface area (Å²) in [6.07, 6.45) is 1.38. The average Bonchev–Trinajstić information content (AvgIpc) is 2.43. The Labute approximate surface area is 116 Å². The van der Waals surface area contributed by atoms with Crippen LogP contribution in [0, 0.1) is 0 Å². The molecular formula is C12H15N3O3S. The maximum atomic E-state index is 11.7. The highest BCUT2D eigenvalue weighted by Gasteiger charge is 2.19. The van der Waals surface area contributed by atoms with Gasteiger partial charge in [-0.25, -0.2) is 0 Å². The minimum absolute atomic E-state index is 0.0228. The average molecular weight is 281 g/mol. The lowest BCUT2D eigenvalue weighted by Crippen LogP contribution is -2.25. The van der Waals surface area contributed by atoms with Gasteiger partial charge in [-0.15, -0.1) is 0 Å². The van der Waals surface area contributed by atoms with E-state index in [1.165, 1.54) is 13.3 Å². The number of hydrogen-bond donors (Lipinski definition) is 2. The lowest BCUT2D eigenvalue weighted by molar-refractivity contribution is -0.140. The number of carbonyl (C=O) groups is 1. The van der Waals surface area contributed by atoms with Crippen LogP contribution in [0.3, 0.4) is 0 Å². The number of nitrogens with two attached hydrogens (primary N) is 1. The van der Waals surface area contributed by atoms with Crippen LogP contribution in [0.1, 0.15) is 11.5 Å². The number of thiocarbonyl (C=S) groups is 1. The van der Waals surface area contributed by atoms with Gasteiger partial charge in [0.25, 0.3) is 0 Å². The molecule has 0 radical (unpaired) electrons. The highest BCUT2D eigenvalue weighted by atomic mass is 32.1. The molecule has 1 unspecified atom stereocenters. The minimum atomic E-state index is -0.641. The smallest absolute Gasteiger partial charge is 0.318 e. The fraction of sp³-hybridized carbons (Fsp3) is 0.250. The van der Waals surface area contributed by atoms with Crippen molar-refractivity contribution in [3.05, 3.63) is 29.8 Å². The second-order valence-electron chi connectivity index (χ2n) is 3.53. The van der Waals surface area contributed by atoms with Gasteiger partial charge in [-0.3, -0.25) is 10.2 Å². The molecule has 0 aliphatic rings. The van der Waals surface area contributed by atoms with Crippen LogP contribution in [-0.4, -0.2) is 31.5 Å². The summed E-state index contributed by atoms with van der Waals surface area (Å²) >= 11 is 4.61. The molecule has 0 heterocycles. The second-order valence-corrected chi connectivity index (χ2v) is 3.97. The molecule has 1 aromatic carbocycles. The third kappa shape index (κ3) is 4.55. The van der Waals surface area contributed by atoms with Crippen molar-refractivity contribution in [2.24, 2.45) is 10.8 Å². The van der Waals surface area contributed by atoms with Crippen molar-refractivity contribution in [2.75, 3.05) is 14.2 Å². The zero-order valence-corrected chi connectivity index (χ0v) is 11.4. The zero-order valence-electron chi connectivity index (χ0n) is 10.6. The topological polar surface area (TPSA) is 85.9 Å². The Morgan fingerprint density at radius 3 is 2.53 bits per heavy atom. The van der Waals surface area contributed by atoms with Gasteiger partial charge in [-0.1, -0.05) is 12.1 Å². The standard InChI is InChI=1S/C12H15N3O3S/c1-17-9-5-3-8(4-6-9)10(11(16)18-2)7-14-15-12(13)19/h3-7,10H,1-2H3,(H3,13,15,19)/b14-7+. The lowest BCUT2D eigenvalue weighted by atomic mass is 10.0. The summed E-state index contributed by atoms with van der Waals surface area (Å²) in [4.78, 5) is 11.7. The fourth-order valence-electron chi connectivity index (χ4n) is 1.40. The third-order valence-electron chi connectivity index (χ3n) is 2.33. The molecule has 102 valence electrons. The predicted octanol–water partition coefficient (Wildman–Crippen LogP) is 0.771. The molecule has 19 heavy (non-hydrogen) atoms. The van der Waals surface area contributed by atoms with Crippen LogP contribution < -0.4 is 15.9 Å². The largest absolute Gasteiger partial charge is 0.497 e. The Morgan fingerprint density at radius 2 is 2.05 bits per heavy atom. The Bertz CT molecular complexity index is 474. The van der Waals surface area contributed by atoms with E-state index in [2.05, 4.69) is 22.7 Å². The molecule has 0 aromatic heterocycles. The van der Waals surface area contributed by atoms with E-state index in [-0.39, 0.29) is 5.11 Å². The lowest BCUT2D eigenvalue weighted by Gasteiger charge is -2.10. The summed E-state index contributed by atoms with van der Waals surface area (Å²) in [6, 6.07) is 7.01. The van der Waals surface area contributed by atoms with Crippen LogP contribution in [0.5, 0.6) is 5.75 Å². The molecule has 6 nitrogen and oxygen atoms in total. The van der Waals surface area contributed by atoms with Crippen LogP contribution in [0.15, 0.2) is 29.4 Å². The molecule has 0 aliphatic carbocycles. The van der Waals surface area contributed by atoms with Gasteiger partial charge < -0.3 is 15.2 Å². The van der Waals surface area contributed by atoms with Crippen LogP contribution in [-0.2, 0) is 9.53 Å². The highest BCUT2D eigenvalue weighted by Crippen LogP contribution is 2.19. The number of nitrogens with zero attached hydrogens (tertiary/aromatic N) is 1. The summed E-state index contributed by atoms with van der Waals surface area (Å²) < 4.78 is 9.78. The van der Waals surface area contributed by atoms with E-state index in [4.69, 9.17) is 15.2 Å². The van der Waals surface area contributed by atoms with Gasteiger partial charge in [0.15, 0.2) is 5.11 Å². The number of nitrogens with one attached hydrogen (secondary N) is 1. The molecule has 0 fully saturated rings. The number of methoxy groups -OCH3 is 2. The van der Waals surface area contributed by atoms with E-state index in [0.717, 1.165) is 5.56 Å². The van der Waals surface area contributed by atoms with Crippen LogP contribution in [0.25, 0.3) is 0 Å². The normalized spacial score (nSPS) is 11.9. The Hall–Kier alpha value is -2.15. The van der Waals surface area contributed by atoms with Gasteiger partial charge in [0.2, 0.25) is 0 Å². The van der Waals surface area contributed by atoms with E-state index < -0.39 is 11.9 Å². The van der Waals surface area contributed by atoms with Gasteiger partial charge in [-0.2, -0.15) is 5.10 Å². The van der Waals surface area contributed by atoms with Gasteiger partial charge in [0.1, 0.15) is 11.7 Å². The summed E-state index contributed by atoms with van der Waals surface area (Å²) in [7, 11) is 2.88. The quantitative estimate of drug-likeness (QED) is 0.359. The molecule has 1 aromatic rings. The second kappa shape index (κ2) is 7.32. The Morgan fingerprint density at radius 1 is 1.42 bits per heavy atom. The van der Waals surface area contributed by atoms with Crippen molar-refractivity contribution in [2.45, 2.75) is 5.92 Å². The number of ether oxygens (including phenoxy) is 2. The first-order valence-corrected chi connectivity index (χ1v) is 5.79. The SMILES string of the molecule is COC(=O)C(/C=N/NC(N)=S)c1ccc(OC)cc1. The molecule has 3 N–H and O–H groups in total. The monoisotopic (exact) mass is 281 g/mol. The summed E-state index contributed by atoms with van der Waals surface area (Å²) in [5.74, 6) is -0.373. The molecule has 1 rings (SSSR count). The maximum Gasteiger partial charge on any atom is 0.318 e. The van der Waals surface area contributed by atoms with Crippen molar-refractivity contribution in [3.8, 4) is 5.75 Å². The van der Waals surface area contributed by atoms with Crippen molar-refractivity contribution < 1.29 is 14.3 Å². The van der Waals surface area contributed by atoms with Crippen LogP contribution in [0.2, 0.25) is 0 Å². The van der Waals surface area contributed by atoms with Gasteiger partial charge in [0, 0.05) is 6.21 Å². The van der Waals surface area contributed by atoms with Crippen molar-refractivity contribution in [1.82, 2.24) is 5.43 Å². The molecule has 0 saturated carbocycles. The maximum absolute atomic E-state index is 11.7. The molecule has 7 heteroatoms. The number of hydrazone groups is 1. The zero-order chi connectivity index (χ0) is 14.3. The first kappa shape index (κ1) is 14.9. The Balaban J connectivity index is 2.92. The number of rotatable bonds is 5. The van der Waals surface area contributed by atoms with E-state index in [9.17, 15) is 4.79 Å². The molecular weight excluding hydrogens is 266 g/mol. The summed E-state index contributed by atoms with van der Waals surface area (Å²) in [6.45, 7) is 0. The van der Waals surface area contributed by atoms with Gasteiger partial charge in [0.05, 0.1) is 14.2 Å². The molecule has 0 bridgehead atoms. The van der Waals surface area contributed by atoms with Crippen molar-refractivity contribution >= 4 is 29.5 Å². The van der Waals surface area contributed by atoms with Crippen molar-refractivity contribution in [3.63, 3.8) is 0 Å². The van der Waals surface area contributed by atoms with E-state index in [1.54, 1.807) is 31.4 Å². The first-order valence-electron chi connectivity index (χ1n) is 5.39.